The van der Waals surface area contributed by atoms with Gasteiger partial charge in [0.15, 0.2) is 0 Å². The standard InChI is InChI=1S/C15H16ClNO3/c1-15(2)8-10(15)13(18)17-12(14(19)20)7-9-5-3-4-6-11(9)16/h3-7,10H,8H2,1-2H3,(H,17,18)(H,19,20)/b12-7-. The lowest BCUT2D eigenvalue weighted by molar-refractivity contribution is -0.134. The van der Waals surface area contributed by atoms with E-state index in [2.05, 4.69) is 5.32 Å². The summed E-state index contributed by atoms with van der Waals surface area (Å²) in [5, 5.41) is 12.1. The van der Waals surface area contributed by atoms with Gasteiger partial charge in [-0.2, -0.15) is 0 Å². The van der Waals surface area contributed by atoms with Gasteiger partial charge >= 0.3 is 5.97 Å². The number of carboxylic acids is 1. The number of benzene rings is 1. The summed E-state index contributed by atoms with van der Waals surface area (Å²) in [6.45, 7) is 3.96. The van der Waals surface area contributed by atoms with E-state index < -0.39 is 5.97 Å². The highest BCUT2D eigenvalue weighted by Crippen LogP contribution is 2.51. The second-order valence-corrected chi connectivity index (χ2v) is 6.03. The summed E-state index contributed by atoms with van der Waals surface area (Å²) in [7, 11) is 0. The first kappa shape index (κ1) is 14.6. The molecular formula is C15H16ClNO3. The van der Waals surface area contributed by atoms with Crippen molar-refractivity contribution in [1.82, 2.24) is 5.32 Å². The quantitative estimate of drug-likeness (QED) is 0.839. The van der Waals surface area contributed by atoms with Crippen molar-refractivity contribution in [2.24, 2.45) is 11.3 Å². The van der Waals surface area contributed by atoms with E-state index in [0.29, 0.717) is 10.6 Å². The molecule has 1 unspecified atom stereocenters. The van der Waals surface area contributed by atoms with Gasteiger partial charge in [0.1, 0.15) is 5.70 Å². The maximum absolute atomic E-state index is 12.0. The van der Waals surface area contributed by atoms with Crippen LogP contribution in [0.4, 0.5) is 0 Å². The summed E-state index contributed by atoms with van der Waals surface area (Å²) in [5.74, 6) is -1.57. The van der Waals surface area contributed by atoms with E-state index in [9.17, 15) is 14.7 Å². The van der Waals surface area contributed by atoms with E-state index >= 15 is 0 Å². The van der Waals surface area contributed by atoms with Gasteiger partial charge in [0, 0.05) is 10.9 Å². The molecule has 106 valence electrons. The van der Waals surface area contributed by atoms with E-state index in [1.54, 1.807) is 24.3 Å². The first-order valence-corrected chi connectivity index (χ1v) is 6.69. The highest BCUT2D eigenvalue weighted by molar-refractivity contribution is 6.32. The Labute approximate surface area is 122 Å². The van der Waals surface area contributed by atoms with Gasteiger partial charge in [0.25, 0.3) is 0 Å². The van der Waals surface area contributed by atoms with E-state index in [1.807, 2.05) is 13.8 Å². The summed E-state index contributed by atoms with van der Waals surface area (Å²) in [4.78, 5) is 23.2. The molecule has 0 saturated heterocycles. The van der Waals surface area contributed by atoms with Crippen molar-refractivity contribution >= 4 is 29.6 Å². The van der Waals surface area contributed by atoms with Crippen molar-refractivity contribution in [3.05, 3.63) is 40.5 Å². The maximum Gasteiger partial charge on any atom is 0.352 e. The largest absolute Gasteiger partial charge is 0.477 e. The van der Waals surface area contributed by atoms with Gasteiger partial charge in [-0.05, 0) is 29.5 Å². The summed E-state index contributed by atoms with van der Waals surface area (Å²) in [6, 6.07) is 6.87. The molecule has 0 radical (unpaired) electrons. The van der Waals surface area contributed by atoms with Crippen LogP contribution < -0.4 is 5.32 Å². The number of nitrogens with one attached hydrogen (secondary N) is 1. The monoisotopic (exact) mass is 293 g/mol. The van der Waals surface area contributed by atoms with Crippen LogP contribution in [0.5, 0.6) is 0 Å². The molecule has 2 rings (SSSR count). The van der Waals surface area contributed by atoms with E-state index in [1.165, 1.54) is 6.08 Å². The molecule has 2 N–H and O–H groups in total. The van der Waals surface area contributed by atoms with Crippen LogP contribution in [0.15, 0.2) is 30.0 Å². The zero-order chi connectivity index (χ0) is 14.9. The Morgan fingerprint density at radius 1 is 1.40 bits per heavy atom. The highest BCUT2D eigenvalue weighted by Gasteiger charge is 2.50. The SMILES string of the molecule is CC1(C)CC1C(=O)N/C(=C\c1ccccc1Cl)C(=O)O. The number of carboxylic acid groups (broad SMARTS) is 1. The van der Waals surface area contributed by atoms with Gasteiger partial charge < -0.3 is 10.4 Å². The van der Waals surface area contributed by atoms with E-state index in [4.69, 9.17) is 11.6 Å². The molecule has 1 fully saturated rings. The first-order valence-electron chi connectivity index (χ1n) is 6.31. The smallest absolute Gasteiger partial charge is 0.352 e. The Bertz CT molecular complexity index is 593. The van der Waals surface area contributed by atoms with Gasteiger partial charge in [-0.3, -0.25) is 4.79 Å². The number of hydrogen-bond acceptors (Lipinski definition) is 2. The van der Waals surface area contributed by atoms with Crippen LogP contribution in [0.25, 0.3) is 6.08 Å². The van der Waals surface area contributed by atoms with E-state index in [0.717, 1.165) is 6.42 Å². The molecule has 1 aromatic carbocycles. The molecule has 1 atom stereocenters. The predicted octanol–water partition coefficient (Wildman–Crippen LogP) is 2.93. The van der Waals surface area contributed by atoms with E-state index in [-0.39, 0.29) is 22.9 Å². The van der Waals surface area contributed by atoms with Crippen molar-refractivity contribution in [3.8, 4) is 0 Å². The van der Waals surface area contributed by atoms with Gasteiger partial charge in [0.05, 0.1) is 0 Å². The Morgan fingerprint density at radius 2 is 2.00 bits per heavy atom. The molecule has 5 heteroatoms. The summed E-state index contributed by atoms with van der Waals surface area (Å²) in [6.07, 6.45) is 2.15. The zero-order valence-electron chi connectivity index (χ0n) is 11.3. The van der Waals surface area contributed by atoms with Crippen LogP contribution in [0.1, 0.15) is 25.8 Å². The number of carbonyl (C=O) groups is 2. The molecule has 4 nitrogen and oxygen atoms in total. The molecule has 1 amide bonds. The second kappa shape index (κ2) is 5.29. The van der Waals surface area contributed by atoms with Crippen LogP contribution >= 0.6 is 11.6 Å². The molecule has 0 aromatic heterocycles. The number of aliphatic carboxylic acids is 1. The number of rotatable bonds is 4. The number of amides is 1. The normalized spacial score (nSPS) is 20.4. The Balaban J connectivity index is 2.18. The molecule has 1 aromatic rings. The van der Waals surface area contributed by atoms with Crippen LogP contribution in [0.2, 0.25) is 5.02 Å². The molecule has 1 aliphatic carbocycles. The summed E-state index contributed by atoms with van der Waals surface area (Å²) in [5.41, 5.74) is 0.352. The molecular weight excluding hydrogens is 278 g/mol. The minimum Gasteiger partial charge on any atom is -0.477 e. The van der Waals surface area contributed by atoms with Crippen LogP contribution in [0.3, 0.4) is 0 Å². The molecule has 20 heavy (non-hydrogen) atoms. The minimum absolute atomic E-state index is 0.0436. The van der Waals surface area contributed by atoms with Crippen LogP contribution in [0, 0.1) is 11.3 Å². The van der Waals surface area contributed by atoms with Gasteiger partial charge in [-0.1, -0.05) is 43.6 Å². The lowest BCUT2D eigenvalue weighted by Crippen LogP contribution is -2.29. The minimum atomic E-state index is -1.18. The fourth-order valence-corrected chi connectivity index (χ4v) is 2.22. The number of carbonyl (C=O) groups excluding carboxylic acids is 1. The maximum atomic E-state index is 12.0. The van der Waals surface area contributed by atoms with Crippen molar-refractivity contribution in [2.45, 2.75) is 20.3 Å². The number of halogens is 1. The average molecular weight is 294 g/mol. The zero-order valence-corrected chi connectivity index (χ0v) is 12.1. The highest BCUT2D eigenvalue weighted by atomic mass is 35.5. The van der Waals surface area contributed by atoms with Crippen molar-refractivity contribution in [2.75, 3.05) is 0 Å². The first-order chi connectivity index (χ1) is 9.31. The molecule has 0 aliphatic heterocycles. The van der Waals surface area contributed by atoms with Crippen molar-refractivity contribution < 1.29 is 14.7 Å². The van der Waals surface area contributed by atoms with Crippen molar-refractivity contribution in [1.29, 1.82) is 0 Å². The average Bonchev–Trinajstić information content (AvgIpc) is 3.00. The number of hydrogen-bond donors (Lipinski definition) is 2. The van der Waals surface area contributed by atoms with Crippen molar-refractivity contribution in [3.63, 3.8) is 0 Å². The molecule has 1 saturated carbocycles. The topological polar surface area (TPSA) is 66.4 Å². The lowest BCUT2D eigenvalue weighted by Gasteiger charge is -2.08. The Kier molecular flexibility index (Phi) is 3.86. The van der Waals surface area contributed by atoms with Crippen LogP contribution in [-0.2, 0) is 9.59 Å². The Morgan fingerprint density at radius 3 is 2.50 bits per heavy atom. The molecule has 0 heterocycles. The van der Waals surface area contributed by atoms with Gasteiger partial charge in [-0.25, -0.2) is 4.79 Å². The third kappa shape index (κ3) is 3.20. The second-order valence-electron chi connectivity index (χ2n) is 5.62. The molecule has 1 aliphatic rings. The summed E-state index contributed by atoms with van der Waals surface area (Å²) < 4.78 is 0. The third-order valence-corrected chi connectivity index (χ3v) is 3.87. The fourth-order valence-electron chi connectivity index (χ4n) is 2.03. The van der Waals surface area contributed by atoms with Crippen LogP contribution in [-0.4, -0.2) is 17.0 Å². The van der Waals surface area contributed by atoms with Gasteiger partial charge in [0.2, 0.25) is 5.91 Å². The summed E-state index contributed by atoms with van der Waals surface area (Å²) >= 11 is 5.98. The molecule has 0 bridgehead atoms. The Hall–Kier alpha value is -1.81. The predicted molar refractivity (Wildman–Crippen MR) is 77.1 cm³/mol. The van der Waals surface area contributed by atoms with Gasteiger partial charge in [-0.15, -0.1) is 0 Å². The molecule has 0 spiro atoms. The fraction of sp³-hybridized carbons (Fsp3) is 0.333. The lowest BCUT2D eigenvalue weighted by atomic mass is 10.1. The third-order valence-electron chi connectivity index (χ3n) is 3.52.